The Morgan fingerprint density at radius 3 is 2.61 bits per heavy atom. The Morgan fingerprint density at radius 2 is 1.94 bits per heavy atom. The summed E-state index contributed by atoms with van der Waals surface area (Å²) >= 11 is 12.9. The molecule has 0 radical (unpaired) electrons. The molecule has 33 heavy (non-hydrogen) atoms. The van der Waals surface area contributed by atoms with Crippen molar-refractivity contribution in [2.75, 3.05) is 13.2 Å². The minimum absolute atomic E-state index is 0.0411. The lowest BCUT2D eigenvalue weighted by atomic mass is 9.60. The van der Waals surface area contributed by atoms with Crippen LogP contribution in [0.1, 0.15) is 55.2 Å². The molecule has 2 N–H and O–H groups in total. The molecule has 1 saturated carbocycles. The molecular weight excluding hydrogens is 459 g/mol. The van der Waals surface area contributed by atoms with Crippen molar-refractivity contribution in [1.29, 1.82) is 0 Å². The molecule has 1 saturated heterocycles. The second-order valence-corrected chi connectivity index (χ2v) is 10.5. The van der Waals surface area contributed by atoms with Gasteiger partial charge in [-0.1, -0.05) is 61.3 Å². The normalized spacial score (nSPS) is 26.6. The number of hydrogen-bond acceptors (Lipinski definition) is 3. The number of alkyl carbamates (subject to hydrolysis) is 1. The summed E-state index contributed by atoms with van der Waals surface area (Å²) in [6.07, 6.45) is 0.663. The van der Waals surface area contributed by atoms with Crippen LogP contribution in [0.2, 0.25) is 10.0 Å². The van der Waals surface area contributed by atoms with Crippen molar-refractivity contribution >= 4 is 35.2 Å². The van der Waals surface area contributed by atoms with Gasteiger partial charge in [-0.05, 0) is 72.4 Å². The molecule has 0 bridgehead atoms. The third-order valence-electron chi connectivity index (χ3n) is 6.92. The minimum Gasteiger partial charge on any atom is -0.449 e. The number of carbonyl (C=O) groups excluding carboxylic acids is 2. The van der Waals surface area contributed by atoms with Crippen molar-refractivity contribution in [3.63, 3.8) is 0 Å². The first-order chi connectivity index (χ1) is 15.7. The van der Waals surface area contributed by atoms with Crippen LogP contribution in [-0.2, 0) is 9.53 Å². The standard InChI is InChI=1S/C26H30Cl2N2O3/c1-15(2)14-33-25(32)30-26-11-10-20(19-9-4-16(3)12-22(19)28)23(21(26)13-29-24(26)31)17-5-7-18(27)8-6-17/h4-9,12,15,20-21,23H,10-11,13-14H2,1-3H3,(H,29,31)(H,30,32)/t20-,21-,23-,26-/m0/s1. The van der Waals surface area contributed by atoms with Gasteiger partial charge in [0.2, 0.25) is 5.91 Å². The molecule has 4 atom stereocenters. The largest absolute Gasteiger partial charge is 0.449 e. The van der Waals surface area contributed by atoms with Crippen molar-refractivity contribution in [3.8, 4) is 0 Å². The lowest BCUT2D eigenvalue weighted by Crippen LogP contribution is -2.61. The predicted octanol–water partition coefficient (Wildman–Crippen LogP) is 5.83. The van der Waals surface area contributed by atoms with Crippen LogP contribution in [-0.4, -0.2) is 30.7 Å². The van der Waals surface area contributed by atoms with Crippen molar-refractivity contribution in [3.05, 3.63) is 69.2 Å². The molecule has 2 aromatic rings. The van der Waals surface area contributed by atoms with Gasteiger partial charge in [-0.3, -0.25) is 4.79 Å². The van der Waals surface area contributed by atoms with Crippen molar-refractivity contribution in [2.24, 2.45) is 11.8 Å². The molecular formula is C26H30Cl2N2O3. The topological polar surface area (TPSA) is 67.4 Å². The quantitative estimate of drug-likeness (QED) is 0.556. The minimum atomic E-state index is -1.02. The van der Waals surface area contributed by atoms with Crippen molar-refractivity contribution in [2.45, 2.75) is 51.0 Å². The molecule has 176 valence electrons. The summed E-state index contributed by atoms with van der Waals surface area (Å²) < 4.78 is 5.39. The van der Waals surface area contributed by atoms with Crippen LogP contribution in [0.15, 0.2) is 42.5 Å². The number of hydrogen-bond donors (Lipinski definition) is 2. The number of carbonyl (C=O) groups is 2. The number of rotatable bonds is 5. The summed E-state index contributed by atoms with van der Waals surface area (Å²) in [5, 5.41) is 7.37. The van der Waals surface area contributed by atoms with Crippen LogP contribution >= 0.6 is 23.2 Å². The van der Waals surface area contributed by atoms with E-state index in [-0.39, 0.29) is 29.6 Å². The molecule has 0 aromatic heterocycles. The average molecular weight is 489 g/mol. The molecule has 1 heterocycles. The van der Waals surface area contributed by atoms with E-state index in [4.69, 9.17) is 27.9 Å². The number of nitrogens with one attached hydrogen (secondary N) is 2. The first kappa shape index (κ1) is 23.9. The molecule has 4 rings (SSSR count). The zero-order chi connectivity index (χ0) is 23.8. The monoisotopic (exact) mass is 488 g/mol. The molecule has 0 spiro atoms. The highest BCUT2D eigenvalue weighted by Gasteiger charge is 2.59. The predicted molar refractivity (Wildman–Crippen MR) is 131 cm³/mol. The third-order valence-corrected chi connectivity index (χ3v) is 7.50. The highest BCUT2D eigenvalue weighted by molar-refractivity contribution is 6.31. The van der Waals surface area contributed by atoms with Crippen LogP contribution in [0.4, 0.5) is 4.79 Å². The van der Waals surface area contributed by atoms with Gasteiger partial charge in [-0.15, -0.1) is 0 Å². The van der Waals surface area contributed by atoms with E-state index >= 15 is 0 Å². The summed E-state index contributed by atoms with van der Waals surface area (Å²) in [5.41, 5.74) is 2.22. The zero-order valence-corrected chi connectivity index (χ0v) is 20.7. The number of benzene rings is 2. The van der Waals surface area contributed by atoms with Gasteiger partial charge in [-0.2, -0.15) is 0 Å². The van der Waals surface area contributed by atoms with Crippen LogP contribution in [0, 0.1) is 18.8 Å². The van der Waals surface area contributed by atoms with Crippen molar-refractivity contribution in [1.82, 2.24) is 10.6 Å². The number of ether oxygens (including phenoxy) is 1. The van der Waals surface area contributed by atoms with Gasteiger partial charge in [0.15, 0.2) is 0 Å². The SMILES string of the molecule is Cc1ccc([C@@H]2CC[C@@]3(NC(=O)OCC(C)C)C(=O)NC[C@H]3[C@H]2c2ccc(Cl)cc2)c(Cl)c1. The van der Waals surface area contributed by atoms with Gasteiger partial charge in [-0.25, -0.2) is 4.79 Å². The lowest BCUT2D eigenvalue weighted by molar-refractivity contribution is -0.126. The van der Waals surface area contributed by atoms with Crippen LogP contribution in [0.25, 0.3) is 0 Å². The smallest absolute Gasteiger partial charge is 0.408 e. The number of amides is 2. The first-order valence-electron chi connectivity index (χ1n) is 11.5. The molecule has 1 aliphatic heterocycles. The molecule has 7 heteroatoms. The Kier molecular flexibility index (Phi) is 6.92. The lowest BCUT2D eigenvalue weighted by Gasteiger charge is -2.46. The van der Waals surface area contributed by atoms with E-state index in [9.17, 15) is 9.59 Å². The number of halogens is 2. The third kappa shape index (κ3) is 4.71. The maximum absolute atomic E-state index is 13.2. The van der Waals surface area contributed by atoms with E-state index in [0.29, 0.717) is 31.0 Å². The maximum Gasteiger partial charge on any atom is 0.408 e. The van der Waals surface area contributed by atoms with E-state index < -0.39 is 11.6 Å². The second-order valence-electron chi connectivity index (χ2n) is 9.65. The van der Waals surface area contributed by atoms with Gasteiger partial charge < -0.3 is 15.4 Å². The molecule has 2 amide bonds. The fourth-order valence-corrected chi connectivity index (χ4v) is 5.88. The highest BCUT2D eigenvalue weighted by Crippen LogP contribution is 2.54. The van der Waals surface area contributed by atoms with E-state index in [1.54, 1.807) is 0 Å². The van der Waals surface area contributed by atoms with Gasteiger partial charge in [0.1, 0.15) is 5.54 Å². The Morgan fingerprint density at radius 1 is 1.21 bits per heavy atom. The maximum atomic E-state index is 13.2. The Labute approximate surface area is 205 Å². The fraction of sp³-hybridized carbons (Fsp3) is 0.462. The summed E-state index contributed by atoms with van der Waals surface area (Å²) in [7, 11) is 0. The molecule has 2 aliphatic rings. The summed E-state index contributed by atoms with van der Waals surface area (Å²) in [6.45, 7) is 6.74. The van der Waals surface area contributed by atoms with E-state index in [1.807, 2.05) is 51.1 Å². The Hall–Kier alpha value is -2.24. The fourth-order valence-electron chi connectivity index (χ4n) is 5.38. The molecule has 1 aliphatic carbocycles. The Bertz CT molecular complexity index is 1040. The highest BCUT2D eigenvalue weighted by atomic mass is 35.5. The summed E-state index contributed by atoms with van der Waals surface area (Å²) in [5.74, 6) is -0.0443. The van der Waals surface area contributed by atoms with Gasteiger partial charge in [0, 0.05) is 22.5 Å². The summed E-state index contributed by atoms with van der Waals surface area (Å²) in [4.78, 5) is 25.8. The second kappa shape index (κ2) is 9.55. The zero-order valence-electron chi connectivity index (χ0n) is 19.2. The van der Waals surface area contributed by atoms with Gasteiger partial charge >= 0.3 is 6.09 Å². The number of fused-ring (bicyclic) bond motifs is 1. The number of aryl methyl sites for hydroxylation is 1. The van der Waals surface area contributed by atoms with Gasteiger partial charge in [0.25, 0.3) is 0 Å². The van der Waals surface area contributed by atoms with Crippen molar-refractivity contribution < 1.29 is 14.3 Å². The molecule has 2 aromatic carbocycles. The average Bonchev–Trinajstić information content (AvgIpc) is 3.09. The molecule has 0 unspecified atom stereocenters. The van der Waals surface area contributed by atoms with E-state index in [2.05, 4.69) is 22.8 Å². The first-order valence-corrected chi connectivity index (χ1v) is 12.2. The van der Waals surface area contributed by atoms with E-state index in [1.165, 1.54) is 0 Å². The Balaban J connectivity index is 1.74. The van der Waals surface area contributed by atoms with Crippen LogP contribution in [0.3, 0.4) is 0 Å². The van der Waals surface area contributed by atoms with Crippen LogP contribution < -0.4 is 10.6 Å². The molecule has 2 fully saturated rings. The van der Waals surface area contributed by atoms with Gasteiger partial charge in [0.05, 0.1) is 6.61 Å². The summed E-state index contributed by atoms with van der Waals surface area (Å²) in [6, 6.07) is 13.9. The van der Waals surface area contributed by atoms with E-state index in [0.717, 1.165) is 21.7 Å². The molecule has 5 nitrogen and oxygen atoms in total. The van der Waals surface area contributed by atoms with Crippen LogP contribution in [0.5, 0.6) is 0 Å².